The summed E-state index contributed by atoms with van der Waals surface area (Å²) in [5, 5.41) is 12.4. The van der Waals surface area contributed by atoms with Crippen LogP contribution < -0.4 is 0 Å². The molecule has 0 radical (unpaired) electrons. The monoisotopic (exact) mass is 786 g/mol. The fourth-order valence-corrected chi connectivity index (χ4v) is 9.39. The molecule has 0 aliphatic heterocycles. The van der Waals surface area contributed by atoms with Crippen molar-refractivity contribution in [3.05, 3.63) is 231 Å². The van der Waals surface area contributed by atoms with Crippen molar-refractivity contribution in [1.82, 2.24) is 9.97 Å². The third kappa shape index (κ3) is 6.20. The molecule has 0 aliphatic rings. The molecule has 1 aromatic heterocycles. The summed E-state index contributed by atoms with van der Waals surface area (Å²) in [7, 11) is 0. The first-order valence-electron chi connectivity index (χ1n) is 21.2. The molecule has 0 bridgehead atoms. The van der Waals surface area contributed by atoms with Crippen LogP contribution in [0, 0.1) is 0 Å². The van der Waals surface area contributed by atoms with Crippen LogP contribution in [-0.4, -0.2) is 9.97 Å². The maximum absolute atomic E-state index is 5.10. The van der Waals surface area contributed by atoms with E-state index in [1.807, 2.05) is 18.2 Å². The average molecular weight is 787 g/mol. The number of hydrogen-bond acceptors (Lipinski definition) is 2. The standard InChI is InChI=1S/C60H38N2/c1-3-15-43(16-4-1)57-52-21-11-12-22-53(52)58(59-51-20-10-9-14-41(51)33-34-54(57)59)50-32-30-47-35-46(28-29-48(47)37-50)40-23-26-42(27-24-40)55-38-56(62-60(61-55)44-17-5-2-6-18-44)49-31-25-39-13-7-8-19-45(39)36-49/h1-38H. The third-order valence-corrected chi connectivity index (χ3v) is 12.4. The van der Waals surface area contributed by atoms with Gasteiger partial charge in [0.1, 0.15) is 0 Å². The van der Waals surface area contributed by atoms with Crippen LogP contribution in [0.5, 0.6) is 0 Å². The van der Waals surface area contributed by atoms with Gasteiger partial charge in [0.15, 0.2) is 5.82 Å². The molecule has 0 unspecified atom stereocenters. The highest BCUT2D eigenvalue weighted by Gasteiger charge is 2.19. The van der Waals surface area contributed by atoms with E-state index >= 15 is 0 Å². The summed E-state index contributed by atoms with van der Waals surface area (Å²) in [5.74, 6) is 0.713. The second kappa shape index (κ2) is 14.8. The Morgan fingerprint density at radius 1 is 0.226 bits per heavy atom. The Morgan fingerprint density at radius 2 is 0.694 bits per heavy atom. The molecule has 0 fully saturated rings. The van der Waals surface area contributed by atoms with Gasteiger partial charge in [-0.15, -0.1) is 0 Å². The number of fused-ring (bicyclic) bond motifs is 6. The van der Waals surface area contributed by atoms with E-state index in [4.69, 9.17) is 9.97 Å². The molecule has 288 valence electrons. The Labute approximate surface area is 360 Å². The van der Waals surface area contributed by atoms with Gasteiger partial charge in [0.25, 0.3) is 0 Å². The van der Waals surface area contributed by atoms with Crippen LogP contribution in [0.1, 0.15) is 0 Å². The average Bonchev–Trinajstić information content (AvgIpc) is 3.35. The first kappa shape index (κ1) is 35.7. The van der Waals surface area contributed by atoms with Gasteiger partial charge in [-0.2, -0.15) is 0 Å². The highest BCUT2D eigenvalue weighted by atomic mass is 14.9. The maximum Gasteiger partial charge on any atom is 0.160 e. The van der Waals surface area contributed by atoms with Gasteiger partial charge >= 0.3 is 0 Å². The molecule has 0 atom stereocenters. The van der Waals surface area contributed by atoms with Gasteiger partial charge < -0.3 is 0 Å². The Bertz CT molecular complexity index is 3670. The Kier molecular flexibility index (Phi) is 8.53. The summed E-state index contributed by atoms with van der Waals surface area (Å²) >= 11 is 0. The van der Waals surface area contributed by atoms with Gasteiger partial charge in [-0.25, -0.2) is 9.97 Å². The number of hydrogen-bond donors (Lipinski definition) is 0. The first-order chi connectivity index (χ1) is 30.7. The van der Waals surface area contributed by atoms with Crippen LogP contribution >= 0.6 is 0 Å². The lowest BCUT2D eigenvalue weighted by molar-refractivity contribution is 1.18. The zero-order chi connectivity index (χ0) is 41.0. The van der Waals surface area contributed by atoms with Gasteiger partial charge in [0, 0.05) is 16.7 Å². The van der Waals surface area contributed by atoms with Gasteiger partial charge in [-0.1, -0.05) is 206 Å². The molecular weight excluding hydrogens is 749 g/mol. The molecule has 0 spiro atoms. The summed E-state index contributed by atoms with van der Waals surface area (Å²) in [4.78, 5) is 10.2. The number of rotatable bonds is 6. The molecule has 2 heteroatoms. The van der Waals surface area contributed by atoms with E-state index in [1.54, 1.807) is 0 Å². The van der Waals surface area contributed by atoms with Crippen molar-refractivity contribution in [2.24, 2.45) is 0 Å². The molecular formula is C60H38N2. The first-order valence-corrected chi connectivity index (χ1v) is 21.2. The molecule has 0 N–H and O–H groups in total. The zero-order valence-electron chi connectivity index (χ0n) is 33.8. The zero-order valence-corrected chi connectivity index (χ0v) is 33.8. The minimum Gasteiger partial charge on any atom is -0.228 e. The minimum atomic E-state index is 0.713. The number of nitrogens with zero attached hydrogens (tertiary/aromatic N) is 2. The van der Waals surface area contributed by atoms with Crippen LogP contribution in [0.25, 0.3) is 121 Å². The normalized spacial score (nSPS) is 11.5. The molecule has 0 aliphatic carbocycles. The number of aromatic nitrogens is 2. The lowest BCUT2D eigenvalue weighted by Gasteiger charge is -2.19. The van der Waals surface area contributed by atoms with Crippen LogP contribution in [-0.2, 0) is 0 Å². The highest BCUT2D eigenvalue weighted by molar-refractivity contribution is 6.28. The SMILES string of the molecule is c1ccc(-c2nc(-c3ccc(-c4ccc5cc(-c6c7ccccc7c(-c7ccccc7)c7ccc8ccccc8c67)ccc5c4)cc3)cc(-c3ccc4ccccc4c3)n2)cc1. The Balaban J connectivity index is 0.938. The van der Waals surface area contributed by atoms with Crippen molar-refractivity contribution in [2.75, 3.05) is 0 Å². The van der Waals surface area contributed by atoms with Crippen LogP contribution in [0.4, 0.5) is 0 Å². The van der Waals surface area contributed by atoms with Crippen LogP contribution in [0.2, 0.25) is 0 Å². The molecule has 1 heterocycles. The Hall–Kier alpha value is -8.20. The summed E-state index contributed by atoms with van der Waals surface area (Å²) in [6, 6.07) is 83.1. The van der Waals surface area contributed by atoms with Gasteiger partial charge in [0.2, 0.25) is 0 Å². The molecule has 0 saturated carbocycles. The minimum absolute atomic E-state index is 0.713. The van der Waals surface area contributed by atoms with E-state index in [0.717, 1.165) is 33.6 Å². The molecule has 12 rings (SSSR count). The lowest BCUT2D eigenvalue weighted by atomic mass is 9.83. The van der Waals surface area contributed by atoms with E-state index in [9.17, 15) is 0 Å². The third-order valence-electron chi connectivity index (χ3n) is 12.4. The molecule has 0 saturated heterocycles. The van der Waals surface area contributed by atoms with Crippen molar-refractivity contribution < 1.29 is 0 Å². The topological polar surface area (TPSA) is 25.8 Å². The lowest BCUT2D eigenvalue weighted by Crippen LogP contribution is -1.96. The van der Waals surface area contributed by atoms with E-state index in [-0.39, 0.29) is 0 Å². The molecule has 0 amide bonds. The second-order valence-corrected chi connectivity index (χ2v) is 16.1. The molecule has 11 aromatic carbocycles. The predicted octanol–water partition coefficient (Wildman–Crippen LogP) is 16.2. The quantitative estimate of drug-likeness (QED) is 0.124. The van der Waals surface area contributed by atoms with E-state index < -0.39 is 0 Å². The Morgan fingerprint density at radius 3 is 1.44 bits per heavy atom. The van der Waals surface area contributed by atoms with Crippen molar-refractivity contribution in [1.29, 1.82) is 0 Å². The van der Waals surface area contributed by atoms with E-state index in [1.165, 1.54) is 81.7 Å². The van der Waals surface area contributed by atoms with Crippen molar-refractivity contribution >= 4 is 53.9 Å². The van der Waals surface area contributed by atoms with E-state index in [0.29, 0.717) is 5.82 Å². The van der Waals surface area contributed by atoms with Crippen molar-refractivity contribution in [2.45, 2.75) is 0 Å². The van der Waals surface area contributed by atoms with Gasteiger partial charge in [0.05, 0.1) is 11.4 Å². The van der Waals surface area contributed by atoms with Crippen LogP contribution in [0.3, 0.4) is 0 Å². The summed E-state index contributed by atoms with van der Waals surface area (Å²) in [5.41, 5.74) is 12.2. The summed E-state index contributed by atoms with van der Waals surface area (Å²) < 4.78 is 0. The largest absolute Gasteiger partial charge is 0.228 e. The smallest absolute Gasteiger partial charge is 0.160 e. The molecule has 62 heavy (non-hydrogen) atoms. The van der Waals surface area contributed by atoms with Gasteiger partial charge in [-0.05, 0) is 112 Å². The molecule has 2 nitrogen and oxygen atoms in total. The fourth-order valence-electron chi connectivity index (χ4n) is 9.39. The summed E-state index contributed by atoms with van der Waals surface area (Å²) in [6.07, 6.45) is 0. The van der Waals surface area contributed by atoms with Crippen molar-refractivity contribution in [3.8, 4) is 67.3 Å². The number of benzene rings is 11. The van der Waals surface area contributed by atoms with Crippen LogP contribution in [0.15, 0.2) is 231 Å². The molecule has 12 aromatic rings. The maximum atomic E-state index is 5.10. The predicted molar refractivity (Wildman–Crippen MR) is 262 cm³/mol. The van der Waals surface area contributed by atoms with E-state index in [2.05, 4.69) is 212 Å². The second-order valence-electron chi connectivity index (χ2n) is 16.1. The van der Waals surface area contributed by atoms with Crippen molar-refractivity contribution in [3.63, 3.8) is 0 Å². The fraction of sp³-hybridized carbons (Fsp3) is 0. The summed E-state index contributed by atoms with van der Waals surface area (Å²) in [6.45, 7) is 0. The van der Waals surface area contributed by atoms with Gasteiger partial charge in [-0.3, -0.25) is 0 Å². The highest BCUT2D eigenvalue weighted by Crippen LogP contribution is 2.46.